The minimum Gasteiger partial charge on any atom is -0.448 e. The molecule has 0 atom stereocenters. The first kappa shape index (κ1) is 15.4. The molecular formula is C8H8BF3KN3S. The van der Waals surface area contributed by atoms with Crippen LogP contribution in [0.1, 0.15) is 0 Å². The van der Waals surface area contributed by atoms with Crippen molar-refractivity contribution in [1.29, 1.82) is 0 Å². The molecule has 3 nitrogen and oxygen atoms in total. The van der Waals surface area contributed by atoms with E-state index in [2.05, 4.69) is 9.97 Å². The summed E-state index contributed by atoms with van der Waals surface area (Å²) in [6, 6.07) is 4.97. The summed E-state index contributed by atoms with van der Waals surface area (Å²) in [6.07, 6.45) is 0. The van der Waals surface area contributed by atoms with Crippen LogP contribution in [-0.4, -0.2) is 22.6 Å². The van der Waals surface area contributed by atoms with Crippen molar-refractivity contribution in [3.05, 3.63) is 18.2 Å². The van der Waals surface area contributed by atoms with E-state index in [-0.39, 0.29) is 56.5 Å². The smallest absolute Gasteiger partial charge is 0.448 e. The van der Waals surface area contributed by atoms with Crippen LogP contribution in [0.25, 0.3) is 11.0 Å². The molecule has 86 valence electrons. The van der Waals surface area contributed by atoms with Crippen LogP contribution < -0.4 is 57.1 Å². The van der Waals surface area contributed by atoms with E-state index in [0.29, 0.717) is 28.5 Å². The Hall–Kier alpha value is 0.331. The first-order chi connectivity index (χ1) is 7.44. The number of hydrogen-bond donors (Lipinski definition) is 2. The van der Waals surface area contributed by atoms with Gasteiger partial charge >= 0.3 is 58.4 Å². The minimum absolute atomic E-state index is 0. The molecular weight excluding hydrogens is 277 g/mol. The Morgan fingerprint density at radius 2 is 2.06 bits per heavy atom. The normalized spacial score (nSPS) is 11.5. The van der Waals surface area contributed by atoms with Gasteiger partial charge in [0.25, 0.3) is 0 Å². The molecule has 0 aliphatic rings. The molecule has 3 N–H and O–H groups in total. The molecule has 2 rings (SSSR count). The Bertz CT molecular complexity index is 516. The average molecular weight is 285 g/mol. The van der Waals surface area contributed by atoms with Crippen LogP contribution in [-0.2, 0) is 0 Å². The van der Waals surface area contributed by atoms with E-state index in [0.717, 1.165) is 0 Å². The molecule has 0 aliphatic carbocycles. The third kappa shape index (κ3) is 4.49. The van der Waals surface area contributed by atoms with Crippen molar-refractivity contribution >= 4 is 35.5 Å². The van der Waals surface area contributed by atoms with E-state index in [1.54, 1.807) is 18.2 Å². The van der Waals surface area contributed by atoms with Gasteiger partial charge in [-0.15, -0.1) is 11.8 Å². The maximum atomic E-state index is 12.0. The van der Waals surface area contributed by atoms with Gasteiger partial charge in [-0.2, -0.15) is 0 Å². The average Bonchev–Trinajstić information content (AvgIpc) is 2.55. The number of thioether (sulfide) groups is 1. The molecule has 17 heavy (non-hydrogen) atoms. The SMILES string of the molecule is Nc1ccc2nc(SC[B-](F)(F)F)[nH]c2c1.[K+]. The molecule has 9 heteroatoms. The number of nitrogens with one attached hydrogen (secondary N) is 1. The molecule has 0 spiro atoms. The van der Waals surface area contributed by atoms with Gasteiger partial charge in [-0.25, -0.2) is 4.98 Å². The quantitative estimate of drug-likeness (QED) is 0.459. The van der Waals surface area contributed by atoms with Crippen molar-refractivity contribution in [1.82, 2.24) is 9.97 Å². The third-order valence-electron chi connectivity index (χ3n) is 1.89. The Labute approximate surface area is 143 Å². The number of halogens is 3. The Kier molecular flexibility index (Phi) is 5.42. The van der Waals surface area contributed by atoms with Gasteiger partial charge in [-0.1, -0.05) is 0 Å². The Morgan fingerprint density at radius 3 is 2.71 bits per heavy atom. The van der Waals surface area contributed by atoms with E-state index in [1.807, 2.05) is 0 Å². The summed E-state index contributed by atoms with van der Waals surface area (Å²) in [4.78, 5) is 6.81. The molecule has 0 saturated carbocycles. The van der Waals surface area contributed by atoms with E-state index in [9.17, 15) is 12.9 Å². The summed E-state index contributed by atoms with van der Waals surface area (Å²) in [5, 5.41) is 0.264. The second-order valence-electron chi connectivity index (χ2n) is 3.34. The maximum Gasteiger partial charge on any atom is 1.00 e. The Balaban J connectivity index is 0.00000144. The molecule has 0 unspecified atom stereocenters. The van der Waals surface area contributed by atoms with Gasteiger partial charge in [-0.05, 0) is 23.9 Å². The van der Waals surface area contributed by atoms with Crippen LogP contribution in [0.15, 0.2) is 23.4 Å². The van der Waals surface area contributed by atoms with Crippen molar-refractivity contribution in [2.24, 2.45) is 0 Å². The van der Waals surface area contributed by atoms with E-state index >= 15 is 0 Å². The van der Waals surface area contributed by atoms with Gasteiger partial charge in [0.2, 0.25) is 0 Å². The summed E-state index contributed by atoms with van der Waals surface area (Å²) < 4.78 is 36.1. The molecule has 0 radical (unpaired) electrons. The van der Waals surface area contributed by atoms with Crippen LogP contribution >= 0.6 is 11.8 Å². The number of nitrogen functional groups attached to an aromatic ring is 1. The number of H-pyrrole nitrogens is 1. The predicted octanol–water partition coefficient (Wildman–Crippen LogP) is -0.372. The van der Waals surface area contributed by atoms with Crippen LogP contribution in [0.2, 0.25) is 0 Å². The molecule has 0 aliphatic heterocycles. The minimum atomic E-state index is -4.79. The largest absolute Gasteiger partial charge is 1.00 e. The predicted molar refractivity (Wildman–Crippen MR) is 60.3 cm³/mol. The van der Waals surface area contributed by atoms with E-state index < -0.39 is 12.6 Å². The summed E-state index contributed by atoms with van der Waals surface area (Å²) in [5.74, 6) is 0. The van der Waals surface area contributed by atoms with Gasteiger partial charge in [0.05, 0.1) is 11.0 Å². The molecule has 0 amide bonds. The molecule has 1 heterocycles. The van der Waals surface area contributed by atoms with Crippen molar-refractivity contribution < 1.29 is 64.3 Å². The summed E-state index contributed by atoms with van der Waals surface area (Å²) in [5.41, 5.74) is 6.47. The molecule has 0 bridgehead atoms. The molecule has 0 saturated heterocycles. The zero-order valence-electron chi connectivity index (χ0n) is 9.08. The Morgan fingerprint density at radius 1 is 1.35 bits per heavy atom. The molecule has 2 aromatic rings. The zero-order valence-corrected chi connectivity index (χ0v) is 13.0. The number of aromatic amines is 1. The van der Waals surface area contributed by atoms with Crippen LogP contribution in [0.4, 0.5) is 18.6 Å². The third-order valence-corrected chi connectivity index (χ3v) is 2.90. The fraction of sp³-hybridized carbons (Fsp3) is 0.125. The zero-order chi connectivity index (χ0) is 11.8. The van der Waals surface area contributed by atoms with Gasteiger partial charge < -0.3 is 23.7 Å². The standard InChI is InChI=1S/C8H8BF3N3S.K/c10-9(11,12)4-16-8-14-6-2-1-5(13)3-7(6)15-8;/h1-3H,4,13H2,(H,14,15);/q-1;+1. The van der Waals surface area contributed by atoms with Gasteiger partial charge in [0.1, 0.15) is 0 Å². The van der Waals surface area contributed by atoms with Crippen LogP contribution in [0, 0.1) is 0 Å². The second kappa shape index (κ2) is 5.98. The van der Waals surface area contributed by atoms with Crippen molar-refractivity contribution in [3.63, 3.8) is 0 Å². The van der Waals surface area contributed by atoms with Crippen molar-refractivity contribution in [2.75, 3.05) is 11.4 Å². The number of benzene rings is 1. The van der Waals surface area contributed by atoms with Gasteiger partial charge in [0, 0.05) is 5.69 Å². The number of anilines is 1. The molecule has 1 aromatic carbocycles. The first-order valence-electron chi connectivity index (χ1n) is 4.53. The fourth-order valence-corrected chi connectivity index (χ4v) is 1.94. The maximum absolute atomic E-state index is 12.0. The van der Waals surface area contributed by atoms with E-state index in [1.165, 1.54) is 0 Å². The van der Waals surface area contributed by atoms with Crippen molar-refractivity contribution in [2.45, 2.75) is 5.16 Å². The monoisotopic (exact) mass is 285 g/mol. The molecule has 1 aromatic heterocycles. The van der Waals surface area contributed by atoms with Crippen molar-refractivity contribution in [3.8, 4) is 0 Å². The summed E-state index contributed by atoms with van der Waals surface area (Å²) >= 11 is 0.654. The van der Waals surface area contributed by atoms with Crippen LogP contribution in [0.3, 0.4) is 0 Å². The van der Waals surface area contributed by atoms with Gasteiger partial charge in [0.15, 0.2) is 5.16 Å². The number of aromatic nitrogens is 2. The summed E-state index contributed by atoms with van der Waals surface area (Å²) in [7, 11) is 0. The first-order valence-corrected chi connectivity index (χ1v) is 5.52. The second-order valence-corrected chi connectivity index (χ2v) is 4.35. The number of imidazole rings is 1. The number of hydrogen-bond acceptors (Lipinski definition) is 3. The van der Waals surface area contributed by atoms with E-state index in [4.69, 9.17) is 5.73 Å². The summed E-state index contributed by atoms with van der Waals surface area (Å²) in [6.45, 7) is -4.79. The molecule has 0 fully saturated rings. The van der Waals surface area contributed by atoms with Crippen LogP contribution in [0.5, 0.6) is 0 Å². The van der Waals surface area contributed by atoms with Gasteiger partial charge in [-0.3, -0.25) is 0 Å². The number of nitrogens with zero attached hydrogens (tertiary/aromatic N) is 1. The fourth-order valence-electron chi connectivity index (χ4n) is 1.25. The number of nitrogens with two attached hydrogens (primary N) is 1. The topological polar surface area (TPSA) is 54.7 Å². The number of rotatable bonds is 3. The number of fused-ring (bicyclic) bond motifs is 1.